The van der Waals surface area contributed by atoms with Crippen LogP contribution in [0.5, 0.6) is 0 Å². The number of imidazole rings is 1. The van der Waals surface area contributed by atoms with E-state index in [1.807, 2.05) is 6.20 Å². The van der Waals surface area contributed by atoms with Gasteiger partial charge in [0.1, 0.15) is 11.4 Å². The number of aryl methyl sites for hydroxylation is 2. The van der Waals surface area contributed by atoms with Gasteiger partial charge in [0, 0.05) is 31.4 Å². The Balaban J connectivity index is 1.63. The van der Waals surface area contributed by atoms with Gasteiger partial charge in [0.15, 0.2) is 0 Å². The van der Waals surface area contributed by atoms with E-state index in [1.54, 1.807) is 0 Å². The van der Waals surface area contributed by atoms with Gasteiger partial charge >= 0.3 is 0 Å². The molecule has 2 atom stereocenters. The summed E-state index contributed by atoms with van der Waals surface area (Å²) in [6.07, 6.45) is 13.1. The van der Waals surface area contributed by atoms with E-state index < -0.39 is 0 Å². The Bertz CT molecular complexity index is 511. The Hall–Kier alpha value is -1.34. The van der Waals surface area contributed by atoms with Crippen molar-refractivity contribution >= 4 is 0 Å². The van der Waals surface area contributed by atoms with Crippen molar-refractivity contribution in [3.63, 3.8) is 0 Å². The second kappa shape index (κ2) is 6.19. The Kier molecular flexibility index (Phi) is 4.30. The standard InChI is InChI=1S/C17H26N4/c1-2-4-16-19-10-12-21(16)11-8-14-5-3-9-17(14,13-18)20-15-6-7-15/h10,12,14-15,20H,2-9,11H2,1H3. The number of nitriles is 1. The highest BCUT2D eigenvalue weighted by Crippen LogP contribution is 2.40. The predicted octanol–water partition coefficient (Wildman–Crippen LogP) is 3.04. The molecule has 0 radical (unpaired) electrons. The van der Waals surface area contributed by atoms with Gasteiger partial charge in [-0.15, -0.1) is 0 Å². The van der Waals surface area contributed by atoms with Crippen LogP contribution in [0.25, 0.3) is 0 Å². The Morgan fingerprint density at radius 3 is 3.05 bits per heavy atom. The maximum atomic E-state index is 9.73. The Morgan fingerprint density at radius 1 is 1.48 bits per heavy atom. The van der Waals surface area contributed by atoms with Gasteiger partial charge in [0.2, 0.25) is 0 Å². The van der Waals surface area contributed by atoms with Crippen LogP contribution in [0.1, 0.15) is 57.7 Å². The van der Waals surface area contributed by atoms with Crippen molar-refractivity contribution in [3.05, 3.63) is 18.2 Å². The maximum Gasteiger partial charge on any atom is 0.109 e. The predicted molar refractivity (Wildman–Crippen MR) is 82.7 cm³/mol. The average Bonchev–Trinajstić information content (AvgIpc) is 3.04. The summed E-state index contributed by atoms with van der Waals surface area (Å²) in [6, 6.07) is 3.24. The van der Waals surface area contributed by atoms with Crippen LogP contribution in [0, 0.1) is 17.2 Å². The van der Waals surface area contributed by atoms with Gasteiger partial charge in [-0.3, -0.25) is 5.32 Å². The van der Waals surface area contributed by atoms with E-state index in [4.69, 9.17) is 0 Å². The smallest absolute Gasteiger partial charge is 0.109 e. The molecule has 2 fully saturated rings. The van der Waals surface area contributed by atoms with Gasteiger partial charge in [0.25, 0.3) is 0 Å². The monoisotopic (exact) mass is 286 g/mol. The summed E-state index contributed by atoms with van der Waals surface area (Å²) in [6.45, 7) is 3.19. The van der Waals surface area contributed by atoms with E-state index in [0.29, 0.717) is 12.0 Å². The van der Waals surface area contributed by atoms with E-state index in [2.05, 4.69) is 34.1 Å². The van der Waals surface area contributed by atoms with Crippen LogP contribution in [0.4, 0.5) is 0 Å². The highest BCUT2D eigenvalue weighted by Gasteiger charge is 2.45. The first-order valence-electron chi connectivity index (χ1n) is 8.46. The number of nitrogens with zero attached hydrogens (tertiary/aromatic N) is 3. The number of nitrogens with one attached hydrogen (secondary N) is 1. The van der Waals surface area contributed by atoms with E-state index in [1.165, 1.54) is 31.5 Å². The van der Waals surface area contributed by atoms with Crippen molar-refractivity contribution in [2.24, 2.45) is 5.92 Å². The average molecular weight is 286 g/mol. The summed E-state index contributed by atoms with van der Waals surface area (Å²) in [4.78, 5) is 4.45. The van der Waals surface area contributed by atoms with Crippen molar-refractivity contribution in [1.29, 1.82) is 5.26 Å². The molecule has 2 aliphatic carbocycles. The maximum absolute atomic E-state index is 9.73. The minimum absolute atomic E-state index is 0.257. The summed E-state index contributed by atoms with van der Waals surface area (Å²) in [5.74, 6) is 1.67. The summed E-state index contributed by atoms with van der Waals surface area (Å²) < 4.78 is 2.28. The first kappa shape index (κ1) is 14.6. The van der Waals surface area contributed by atoms with Crippen LogP contribution >= 0.6 is 0 Å². The zero-order chi connectivity index (χ0) is 14.7. The Labute approximate surface area is 127 Å². The molecule has 3 rings (SSSR count). The number of aromatic nitrogens is 2. The van der Waals surface area contributed by atoms with E-state index >= 15 is 0 Å². The molecule has 0 aliphatic heterocycles. The third-order valence-corrected chi connectivity index (χ3v) is 5.05. The van der Waals surface area contributed by atoms with Crippen LogP contribution in [0.15, 0.2) is 12.4 Å². The van der Waals surface area contributed by atoms with Crippen molar-refractivity contribution in [2.45, 2.75) is 76.4 Å². The Morgan fingerprint density at radius 2 is 2.33 bits per heavy atom. The zero-order valence-electron chi connectivity index (χ0n) is 13.0. The largest absolute Gasteiger partial charge is 0.335 e. The van der Waals surface area contributed by atoms with Gasteiger partial charge in [-0.1, -0.05) is 13.3 Å². The third kappa shape index (κ3) is 3.13. The molecule has 2 aliphatic rings. The quantitative estimate of drug-likeness (QED) is 0.838. The lowest BCUT2D eigenvalue weighted by Gasteiger charge is -2.30. The van der Waals surface area contributed by atoms with Gasteiger partial charge in [-0.05, 0) is 44.4 Å². The number of hydrogen-bond acceptors (Lipinski definition) is 3. The molecule has 4 nitrogen and oxygen atoms in total. The van der Waals surface area contributed by atoms with Crippen molar-refractivity contribution in [1.82, 2.24) is 14.9 Å². The SMILES string of the molecule is CCCc1nccn1CCC1CCCC1(C#N)NC1CC1. The molecule has 0 amide bonds. The molecule has 4 heteroatoms. The van der Waals surface area contributed by atoms with Crippen molar-refractivity contribution in [2.75, 3.05) is 0 Å². The third-order valence-electron chi connectivity index (χ3n) is 5.05. The lowest BCUT2D eigenvalue weighted by Crippen LogP contribution is -2.48. The van der Waals surface area contributed by atoms with Gasteiger partial charge < -0.3 is 4.57 Å². The fourth-order valence-corrected chi connectivity index (χ4v) is 3.72. The summed E-state index contributed by atoms with van der Waals surface area (Å²) in [5.41, 5.74) is -0.257. The van der Waals surface area contributed by atoms with Gasteiger partial charge in [-0.2, -0.15) is 5.26 Å². The molecule has 2 unspecified atom stereocenters. The second-order valence-corrected chi connectivity index (χ2v) is 6.67. The molecule has 0 bridgehead atoms. The van der Waals surface area contributed by atoms with Crippen LogP contribution in [-0.4, -0.2) is 21.1 Å². The molecule has 1 aromatic rings. The van der Waals surface area contributed by atoms with E-state index in [0.717, 1.165) is 32.2 Å². The zero-order valence-corrected chi connectivity index (χ0v) is 13.0. The molecule has 0 spiro atoms. The molecule has 0 saturated heterocycles. The first-order valence-corrected chi connectivity index (χ1v) is 8.46. The van der Waals surface area contributed by atoms with Gasteiger partial charge in [0.05, 0.1) is 6.07 Å². The molecule has 0 aromatic carbocycles. The number of rotatable bonds is 7. The second-order valence-electron chi connectivity index (χ2n) is 6.67. The van der Waals surface area contributed by atoms with Crippen LogP contribution in [-0.2, 0) is 13.0 Å². The van der Waals surface area contributed by atoms with E-state index in [9.17, 15) is 5.26 Å². The summed E-state index contributed by atoms with van der Waals surface area (Å²) in [5, 5.41) is 13.4. The minimum Gasteiger partial charge on any atom is -0.335 e. The molecule has 114 valence electrons. The molecule has 2 saturated carbocycles. The lowest BCUT2D eigenvalue weighted by atomic mass is 9.85. The highest BCUT2D eigenvalue weighted by atomic mass is 15.1. The topological polar surface area (TPSA) is 53.6 Å². The van der Waals surface area contributed by atoms with Crippen LogP contribution in [0.3, 0.4) is 0 Å². The fraction of sp³-hybridized carbons (Fsp3) is 0.765. The van der Waals surface area contributed by atoms with Crippen LogP contribution < -0.4 is 5.32 Å². The fourth-order valence-electron chi connectivity index (χ4n) is 3.72. The summed E-state index contributed by atoms with van der Waals surface area (Å²) >= 11 is 0. The molecule has 1 aromatic heterocycles. The number of hydrogen-bond donors (Lipinski definition) is 1. The van der Waals surface area contributed by atoms with Crippen molar-refractivity contribution in [3.8, 4) is 6.07 Å². The molecular weight excluding hydrogens is 260 g/mol. The van der Waals surface area contributed by atoms with Crippen molar-refractivity contribution < 1.29 is 0 Å². The molecule has 1 N–H and O–H groups in total. The van der Waals surface area contributed by atoms with E-state index in [-0.39, 0.29) is 5.54 Å². The normalized spacial score (nSPS) is 28.7. The van der Waals surface area contributed by atoms with Crippen LogP contribution in [0.2, 0.25) is 0 Å². The minimum atomic E-state index is -0.257. The highest BCUT2D eigenvalue weighted by molar-refractivity contribution is 5.16. The molecule has 1 heterocycles. The first-order chi connectivity index (χ1) is 10.3. The van der Waals surface area contributed by atoms with Gasteiger partial charge in [-0.25, -0.2) is 4.98 Å². The molecular formula is C17H26N4. The molecule has 21 heavy (non-hydrogen) atoms. The summed E-state index contributed by atoms with van der Waals surface area (Å²) in [7, 11) is 0. The lowest BCUT2D eigenvalue weighted by molar-refractivity contribution is 0.286.